The third-order valence-electron chi connectivity index (χ3n) is 2.81. The van der Waals surface area contributed by atoms with Crippen LogP contribution in [-0.4, -0.2) is 25.1 Å². The Morgan fingerprint density at radius 3 is 2.45 bits per heavy atom. The Morgan fingerprint density at radius 2 is 1.85 bits per heavy atom. The molecule has 0 aliphatic rings. The minimum Gasteiger partial charge on any atom is -0.493 e. The smallest absolute Gasteiger partial charge is 0.255 e. The highest BCUT2D eigenvalue weighted by Gasteiger charge is 2.11. The van der Waals surface area contributed by atoms with Gasteiger partial charge in [-0.15, -0.1) is 0 Å². The van der Waals surface area contributed by atoms with E-state index in [1.165, 1.54) is 7.11 Å². The van der Waals surface area contributed by atoms with Gasteiger partial charge < -0.3 is 14.8 Å². The summed E-state index contributed by atoms with van der Waals surface area (Å²) in [5.41, 5.74) is 2.03. The van der Waals surface area contributed by atoms with Crippen molar-refractivity contribution in [1.82, 2.24) is 4.98 Å². The maximum Gasteiger partial charge on any atom is 0.255 e. The van der Waals surface area contributed by atoms with Gasteiger partial charge >= 0.3 is 0 Å². The minimum absolute atomic E-state index is 0.225. The van der Waals surface area contributed by atoms with Crippen LogP contribution in [0.5, 0.6) is 11.5 Å². The first-order valence-corrected chi connectivity index (χ1v) is 6.10. The maximum absolute atomic E-state index is 12.1. The van der Waals surface area contributed by atoms with E-state index < -0.39 is 0 Å². The first-order valence-electron chi connectivity index (χ1n) is 6.10. The molecule has 5 heteroatoms. The number of aryl methyl sites for hydroxylation is 1. The summed E-state index contributed by atoms with van der Waals surface area (Å²) in [5.74, 6) is 0.875. The quantitative estimate of drug-likeness (QED) is 0.929. The van der Waals surface area contributed by atoms with Gasteiger partial charge in [0, 0.05) is 11.3 Å². The van der Waals surface area contributed by atoms with Crippen LogP contribution in [0.25, 0.3) is 0 Å². The number of pyridine rings is 1. The summed E-state index contributed by atoms with van der Waals surface area (Å²) in [7, 11) is 3.08. The standard InChI is InChI=1S/C15H16N2O3/c1-10-4-6-12(9-16-10)17-15(18)11-5-7-13(19-2)14(8-11)20-3/h4-9H,1-3H3,(H,17,18). The number of aromatic nitrogens is 1. The second kappa shape index (κ2) is 6.06. The van der Waals surface area contributed by atoms with E-state index in [0.29, 0.717) is 22.7 Å². The molecule has 1 aromatic carbocycles. The monoisotopic (exact) mass is 272 g/mol. The molecular formula is C15H16N2O3. The van der Waals surface area contributed by atoms with Crippen LogP contribution < -0.4 is 14.8 Å². The molecule has 0 atom stereocenters. The van der Waals surface area contributed by atoms with Crippen molar-refractivity contribution in [2.24, 2.45) is 0 Å². The van der Waals surface area contributed by atoms with Crippen LogP contribution >= 0.6 is 0 Å². The number of amides is 1. The number of nitrogens with one attached hydrogen (secondary N) is 1. The summed E-state index contributed by atoms with van der Waals surface area (Å²) < 4.78 is 10.3. The molecule has 0 unspecified atom stereocenters. The van der Waals surface area contributed by atoms with Crippen LogP contribution in [0.1, 0.15) is 16.1 Å². The van der Waals surface area contributed by atoms with Gasteiger partial charge in [-0.3, -0.25) is 9.78 Å². The third kappa shape index (κ3) is 3.06. The van der Waals surface area contributed by atoms with Crippen LogP contribution in [0.2, 0.25) is 0 Å². The number of nitrogens with zero attached hydrogens (tertiary/aromatic N) is 1. The Labute approximate surface area is 117 Å². The van der Waals surface area contributed by atoms with Crippen molar-refractivity contribution < 1.29 is 14.3 Å². The van der Waals surface area contributed by atoms with E-state index in [1.54, 1.807) is 37.6 Å². The number of ether oxygens (including phenoxy) is 2. The lowest BCUT2D eigenvalue weighted by Crippen LogP contribution is -2.12. The number of rotatable bonds is 4. The number of methoxy groups -OCH3 is 2. The Balaban J connectivity index is 2.18. The lowest BCUT2D eigenvalue weighted by atomic mass is 10.2. The number of hydrogen-bond donors (Lipinski definition) is 1. The van der Waals surface area contributed by atoms with Crippen molar-refractivity contribution in [3.8, 4) is 11.5 Å². The summed E-state index contributed by atoms with van der Waals surface area (Å²) in [6.45, 7) is 1.89. The zero-order valence-corrected chi connectivity index (χ0v) is 11.6. The second-order valence-corrected chi connectivity index (χ2v) is 4.21. The molecule has 0 bridgehead atoms. The van der Waals surface area contributed by atoms with Crippen LogP contribution in [0, 0.1) is 6.92 Å². The fourth-order valence-corrected chi connectivity index (χ4v) is 1.72. The number of hydrogen-bond acceptors (Lipinski definition) is 4. The molecule has 1 aromatic heterocycles. The molecule has 1 N–H and O–H groups in total. The number of carbonyl (C=O) groups is 1. The lowest BCUT2D eigenvalue weighted by Gasteiger charge is -2.10. The molecule has 2 rings (SSSR count). The molecule has 0 radical (unpaired) electrons. The molecule has 0 saturated heterocycles. The molecule has 1 amide bonds. The molecule has 0 saturated carbocycles. The lowest BCUT2D eigenvalue weighted by molar-refractivity contribution is 0.102. The first kappa shape index (κ1) is 13.9. The summed E-state index contributed by atoms with van der Waals surface area (Å²) in [4.78, 5) is 16.3. The van der Waals surface area contributed by atoms with E-state index in [-0.39, 0.29) is 5.91 Å². The third-order valence-corrected chi connectivity index (χ3v) is 2.81. The predicted octanol–water partition coefficient (Wildman–Crippen LogP) is 2.66. The van der Waals surface area contributed by atoms with E-state index >= 15 is 0 Å². The van der Waals surface area contributed by atoms with Crippen LogP contribution in [-0.2, 0) is 0 Å². The number of carbonyl (C=O) groups excluding carboxylic acids is 1. The van der Waals surface area contributed by atoms with Gasteiger partial charge in [-0.1, -0.05) is 0 Å². The molecule has 1 heterocycles. The highest BCUT2D eigenvalue weighted by Crippen LogP contribution is 2.27. The topological polar surface area (TPSA) is 60.5 Å². The van der Waals surface area contributed by atoms with E-state index in [9.17, 15) is 4.79 Å². The maximum atomic E-state index is 12.1. The van der Waals surface area contributed by atoms with E-state index in [4.69, 9.17) is 9.47 Å². The van der Waals surface area contributed by atoms with Gasteiger partial charge in [0.05, 0.1) is 26.1 Å². The molecule has 0 aliphatic carbocycles. The first-order chi connectivity index (χ1) is 9.63. The van der Waals surface area contributed by atoms with Crippen molar-refractivity contribution in [3.63, 3.8) is 0 Å². The fraction of sp³-hybridized carbons (Fsp3) is 0.200. The summed E-state index contributed by atoms with van der Waals surface area (Å²) in [6, 6.07) is 8.65. The van der Waals surface area contributed by atoms with Gasteiger partial charge in [0.15, 0.2) is 11.5 Å². The molecule has 5 nitrogen and oxygen atoms in total. The second-order valence-electron chi connectivity index (χ2n) is 4.21. The average molecular weight is 272 g/mol. The van der Waals surface area contributed by atoms with E-state index in [2.05, 4.69) is 10.3 Å². The normalized spacial score (nSPS) is 9.95. The van der Waals surface area contributed by atoms with Crippen molar-refractivity contribution in [2.45, 2.75) is 6.92 Å². The molecule has 0 aliphatic heterocycles. The van der Waals surface area contributed by atoms with Crippen LogP contribution in [0.4, 0.5) is 5.69 Å². The Hall–Kier alpha value is -2.56. The van der Waals surface area contributed by atoms with Gasteiger partial charge in [-0.05, 0) is 37.3 Å². The van der Waals surface area contributed by atoms with Crippen molar-refractivity contribution in [2.75, 3.05) is 19.5 Å². The predicted molar refractivity (Wildman–Crippen MR) is 76.5 cm³/mol. The van der Waals surface area contributed by atoms with Crippen molar-refractivity contribution >= 4 is 11.6 Å². The van der Waals surface area contributed by atoms with Gasteiger partial charge in [0.2, 0.25) is 0 Å². The Morgan fingerprint density at radius 1 is 1.10 bits per heavy atom. The molecular weight excluding hydrogens is 256 g/mol. The zero-order chi connectivity index (χ0) is 14.5. The fourth-order valence-electron chi connectivity index (χ4n) is 1.72. The molecule has 2 aromatic rings. The average Bonchev–Trinajstić information content (AvgIpc) is 2.48. The molecule has 104 valence electrons. The van der Waals surface area contributed by atoms with E-state index in [1.807, 2.05) is 13.0 Å². The Kier molecular flexibility index (Phi) is 4.20. The van der Waals surface area contributed by atoms with E-state index in [0.717, 1.165) is 5.69 Å². The van der Waals surface area contributed by atoms with Crippen molar-refractivity contribution in [3.05, 3.63) is 47.8 Å². The van der Waals surface area contributed by atoms with Crippen LogP contribution in [0.15, 0.2) is 36.5 Å². The SMILES string of the molecule is COc1ccc(C(=O)Nc2ccc(C)nc2)cc1OC. The highest BCUT2D eigenvalue weighted by molar-refractivity contribution is 6.04. The Bertz CT molecular complexity index is 609. The molecule has 20 heavy (non-hydrogen) atoms. The van der Waals surface area contributed by atoms with Gasteiger partial charge in [0.1, 0.15) is 0 Å². The van der Waals surface area contributed by atoms with Gasteiger partial charge in [-0.25, -0.2) is 0 Å². The summed E-state index contributed by atoms with van der Waals surface area (Å²) in [6.07, 6.45) is 1.62. The van der Waals surface area contributed by atoms with Crippen molar-refractivity contribution in [1.29, 1.82) is 0 Å². The zero-order valence-electron chi connectivity index (χ0n) is 11.6. The molecule has 0 spiro atoms. The summed E-state index contributed by atoms with van der Waals surface area (Å²) >= 11 is 0. The minimum atomic E-state index is -0.225. The summed E-state index contributed by atoms with van der Waals surface area (Å²) in [5, 5.41) is 2.78. The number of anilines is 1. The van der Waals surface area contributed by atoms with Gasteiger partial charge in [0.25, 0.3) is 5.91 Å². The van der Waals surface area contributed by atoms with Gasteiger partial charge in [-0.2, -0.15) is 0 Å². The van der Waals surface area contributed by atoms with Crippen LogP contribution in [0.3, 0.4) is 0 Å². The number of benzene rings is 1. The molecule has 0 fully saturated rings. The largest absolute Gasteiger partial charge is 0.493 e. The highest BCUT2D eigenvalue weighted by atomic mass is 16.5.